The maximum Gasteiger partial charge on any atom is 0.161 e. The van der Waals surface area contributed by atoms with Crippen LogP contribution in [0.15, 0.2) is 12.1 Å². The van der Waals surface area contributed by atoms with Gasteiger partial charge in [0.25, 0.3) is 0 Å². The molecule has 3 N–H and O–H groups in total. The van der Waals surface area contributed by atoms with Gasteiger partial charge >= 0.3 is 0 Å². The molecule has 0 radical (unpaired) electrons. The number of rotatable bonds is 2. The highest BCUT2D eigenvalue weighted by Gasteiger charge is 2.25. The van der Waals surface area contributed by atoms with Crippen molar-refractivity contribution in [3.05, 3.63) is 35.1 Å². The van der Waals surface area contributed by atoms with Crippen LogP contribution in [0.5, 0.6) is 0 Å². The van der Waals surface area contributed by atoms with Crippen molar-refractivity contribution < 1.29 is 18.3 Å². The minimum Gasteiger partial charge on any atom is -0.394 e. The number of halogens is 3. The Morgan fingerprint density at radius 3 is 2.21 bits per heavy atom. The van der Waals surface area contributed by atoms with E-state index in [0.29, 0.717) is 12.1 Å². The van der Waals surface area contributed by atoms with Gasteiger partial charge in [0, 0.05) is 11.6 Å². The largest absolute Gasteiger partial charge is 0.394 e. The summed E-state index contributed by atoms with van der Waals surface area (Å²) in [6, 6.07) is 1.06. The van der Waals surface area contributed by atoms with Gasteiger partial charge in [0.1, 0.15) is 5.82 Å². The third kappa shape index (κ3) is 1.88. The molecule has 0 aromatic heterocycles. The fourth-order valence-electron chi connectivity index (χ4n) is 1.05. The Labute approximate surface area is 79.2 Å². The molecule has 2 nitrogen and oxygen atoms in total. The number of benzene rings is 1. The van der Waals surface area contributed by atoms with Gasteiger partial charge in [0.2, 0.25) is 0 Å². The molecule has 0 saturated heterocycles. The van der Waals surface area contributed by atoms with Crippen LogP contribution in [0.3, 0.4) is 0 Å². The van der Waals surface area contributed by atoms with Crippen molar-refractivity contribution in [2.24, 2.45) is 5.73 Å². The molecule has 1 aromatic carbocycles. The Hall–Kier alpha value is -1.07. The van der Waals surface area contributed by atoms with Crippen LogP contribution in [-0.4, -0.2) is 11.7 Å². The van der Waals surface area contributed by atoms with E-state index in [-0.39, 0.29) is 5.56 Å². The van der Waals surface area contributed by atoms with Gasteiger partial charge in [-0.25, -0.2) is 13.2 Å². The number of aliphatic hydroxyl groups is 1. The molecule has 0 spiro atoms. The lowest BCUT2D eigenvalue weighted by molar-refractivity contribution is 0.205. The first-order valence-corrected chi connectivity index (χ1v) is 3.93. The van der Waals surface area contributed by atoms with Crippen molar-refractivity contribution in [1.29, 1.82) is 0 Å². The smallest absolute Gasteiger partial charge is 0.161 e. The zero-order chi connectivity index (χ0) is 10.9. The quantitative estimate of drug-likeness (QED) is 0.714. The Bertz CT molecular complexity index is 352. The summed E-state index contributed by atoms with van der Waals surface area (Å²) < 4.78 is 38.4. The molecule has 1 aromatic rings. The molecule has 0 amide bonds. The molecule has 1 atom stereocenters. The van der Waals surface area contributed by atoms with Crippen LogP contribution >= 0.6 is 0 Å². The van der Waals surface area contributed by atoms with E-state index < -0.39 is 29.6 Å². The second-order valence-electron chi connectivity index (χ2n) is 3.32. The molecule has 1 unspecified atom stereocenters. The Morgan fingerprint density at radius 1 is 1.21 bits per heavy atom. The van der Waals surface area contributed by atoms with Gasteiger partial charge in [-0.1, -0.05) is 0 Å². The van der Waals surface area contributed by atoms with E-state index in [9.17, 15) is 13.2 Å². The summed E-state index contributed by atoms with van der Waals surface area (Å²) in [5, 5.41) is 8.82. The predicted molar refractivity (Wildman–Crippen MR) is 44.9 cm³/mol. The third-order valence-electron chi connectivity index (χ3n) is 1.95. The second-order valence-corrected chi connectivity index (χ2v) is 3.32. The first kappa shape index (κ1) is 11.0. The highest BCUT2D eigenvalue weighted by atomic mass is 19.2. The van der Waals surface area contributed by atoms with E-state index in [4.69, 9.17) is 10.8 Å². The van der Waals surface area contributed by atoms with Crippen molar-refractivity contribution in [3.63, 3.8) is 0 Å². The lowest BCUT2D eigenvalue weighted by Crippen LogP contribution is -2.38. The minimum absolute atomic E-state index is 0.251. The number of hydrogen-bond donors (Lipinski definition) is 2. The molecule has 0 saturated carbocycles. The van der Waals surface area contributed by atoms with Crippen molar-refractivity contribution in [2.75, 3.05) is 6.61 Å². The summed E-state index contributed by atoms with van der Waals surface area (Å²) in [6.07, 6.45) is 0. The zero-order valence-electron chi connectivity index (χ0n) is 7.52. The first-order valence-electron chi connectivity index (χ1n) is 3.93. The van der Waals surface area contributed by atoms with Gasteiger partial charge in [-0.05, 0) is 13.0 Å². The van der Waals surface area contributed by atoms with Crippen molar-refractivity contribution in [3.8, 4) is 0 Å². The summed E-state index contributed by atoms with van der Waals surface area (Å²) in [5.74, 6) is -3.44. The van der Waals surface area contributed by atoms with E-state index >= 15 is 0 Å². The molecule has 5 heteroatoms. The summed E-state index contributed by atoms with van der Waals surface area (Å²) in [4.78, 5) is 0. The molecule has 0 aliphatic rings. The van der Waals surface area contributed by atoms with Crippen LogP contribution in [0.1, 0.15) is 12.5 Å². The van der Waals surface area contributed by atoms with Crippen LogP contribution in [0.4, 0.5) is 13.2 Å². The van der Waals surface area contributed by atoms with Crippen LogP contribution in [0, 0.1) is 17.5 Å². The molecular weight excluding hydrogens is 195 g/mol. The Morgan fingerprint density at radius 2 is 1.71 bits per heavy atom. The Kier molecular flexibility index (Phi) is 2.82. The minimum atomic E-state index is -1.42. The molecular formula is C9H10F3NO. The zero-order valence-corrected chi connectivity index (χ0v) is 7.52. The molecule has 0 aliphatic carbocycles. The van der Waals surface area contributed by atoms with Gasteiger partial charge in [-0.15, -0.1) is 0 Å². The topological polar surface area (TPSA) is 46.2 Å². The molecule has 0 bridgehead atoms. The maximum absolute atomic E-state index is 13.1. The van der Waals surface area contributed by atoms with Gasteiger partial charge in [-0.2, -0.15) is 0 Å². The van der Waals surface area contributed by atoms with Crippen LogP contribution in [-0.2, 0) is 5.54 Å². The SMILES string of the molecule is CC(N)(CO)c1cc(F)c(F)cc1F. The lowest BCUT2D eigenvalue weighted by atomic mass is 9.93. The van der Waals surface area contributed by atoms with E-state index in [2.05, 4.69) is 0 Å². The molecule has 78 valence electrons. The summed E-state index contributed by atoms with van der Waals surface area (Å²) >= 11 is 0. The second kappa shape index (κ2) is 3.59. The van der Waals surface area contributed by atoms with Crippen LogP contribution in [0.2, 0.25) is 0 Å². The maximum atomic E-state index is 13.1. The average Bonchev–Trinajstić information content (AvgIpc) is 2.11. The van der Waals surface area contributed by atoms with E-state index in [1.165, 1.54) is 6.92 Å². The Balaban J connectivity index is 3.29. The lowest BCUT2D eigenvalue weighted by Gasteiger charge is -2.22. The van der Waals surface area contributed by atoms with Gasteiger partial charge in [-0.3, -0.25) is 0 Å². The highest BCUT2D eigenvalue weighted by molar-refractivity contribution is 5.26. The van der Waals surface area contributed by atoms with E-state index in [1.807, 2.05) is 0 Å². The van der Waals surface area contributed by atoms with E-state index in [1.54, 1.807) is 0 Å². The van der Waals surface area contributed by atoms with Crippen molar-refractivity contribution in [1.82, 2.24) is 0 Å². The highest BCUT2D eigenvalue weighted by Crippen LogP contribution is 2.23. The molecule has 0 aliphatic heterocycles. The van der Waals surface area contributed by atoms with Crippen LogP contribution < -0.4 is 5.73 Å². The summed E-state index contributed by atoms with van der Waals surface area (Å²) in [7, 11) is 0. The number of aliphatic hydroxyl groups excluding tert-OH is 1. The fraction of sp³-hybridized carbons (Fsp3) is 0.333. The molecule has 0 heterocycles. The molecule has 14 heavy (non-hydrogen) atoms. The van der Waals surface area contributed by atoms with Gasteiger partial charge < -0.3 is 10.8 Å². The monoisotopic (exact) mass is 205 g/mol. The molecule has 0 fully saturated rings. The standard InChI is InChI=1S/C9H10F3NO/c1-9(13,4-14)5-2-7(11)8(12)3-6(5)10/h2-3,14H,4,13H2,1H3. The normalized spacial score (nSPS) is 15.3. The van der Waals surface area contributed by atoms with Crippen molar-refractivity contribution in [2.45, 2.75) is 12.5 Å². The van der Waals surface area contributed by atoms with E-state index in [0.717, 1.165) is 0 Å². The number of nitrogens with two attached hydrogens (primary N) is 1. The first-order chi connectivity index (χ1) is 6.38. The van der Waals surface area contributed by atoms with Crippen molar-refractivity contribution >= 4 is 0 Å². The van der Waals surface area contributed by atoms with Gasteiger partial charge in [0.05, 0.1) is 12.1 Å². The van der Waals surface area contributed by atoms with Crippen LogP contribution in [0.25, 0.3) is 0 Å². The summed E-state index contributed by atoms with van der Waals surface area (Å²) in [5.41, 5.74) is 3.81. The number of hydrogen-bond acceptors (Lipinski definition) is 2. The summed E-state index contributed by atoms with van der Waals surface area (Å²) in [6.45, 7) is 0.762. The molecule has 1 rings (SSSR count). The third-order valence-corrected chi connectivity index (χ3v) is 1.95. The average molecular weight is 205 g/mol. The predicted octanol–water partition coefficient (Wildman–Crippen LogP) is 1.27. The van der Waals surface area contributed by atoms with Gasteiger partial charge in [0.15, 0.2) is 11.6 Å². The fourth-order valence-corrected chi connectivity index (χ4v) is 1.05.